The Hall–Kier alpha value is -0.420. The SMILES string of the molecule is CC(C)(C)C(=O)OCCCCCCCOP(=O)(O)O. The minimum Gasteiger partial charge on any atom is -0.465 e. The summed E-state index contributed by atoms with van der Waals surface area (Å²) < 4.78 is 19.8. The molecule has 0 heterocycles. The van der Waals surface area contributed by atoms with Crippen LogP contribution in [0.4, 0.5) is 0 Å². The fourth-order valence-corrected chi connectivity index (χ4v) is 1.67. The summed E-state index contributed by atoms with van der Waals surface area (Å²) in [7, 11) is -4.32. The van der Waals surface area contributed by atoms with Crippen molar-refractivity contribution in [2.24, 2.45) is 5.41 Å². The predicted molar refractivity (Wildman–Crippen MR) is 71.5 cm³/mol. The van der Waals surface area contributed by atoms with Crippen molar-refractivity contribution in [3.8, 4) is 0 Å². The van der Waals surface area contributed by atoms with Crippen LogP contribution in [0.15, 0.2) is 0 Å². The van der Waals surface area contributed by atoms with Gasteiger partial charge in [-0.1, -0.05) is 19.3 Å². The van der Waals surface area contributed by atoms with Crippen molar-refractivity contribution in [2.75, 3.05) is 13.2 Å². The van der Waals surface area contributed by atoms with E-state index in [0.717, 1.165) is 25.7 Å². The molecule has 0 aromatic rings. The van der Waals surface area contributed by atoms with E-state index >= 15 is 0 Å². The maximum absolute atomic E-state index is 11.4. The lowest BCUT2D eigenvalue weighted by atomic mass is 9.97. The second-order valence-electron chi connectivity index (χ2n) is 5.48. The summed E-state index contributed by atoms with van der Waals surface area (Å²) in [4.78, 5) is 28.3. The fourth-order valence-electron chi connectivity index (χ4n) is 1.30. The molecule has 19 heavy (non-hydrogen) atoms. The van der Waals surface area contributed by atoms with E-state index in [1.165, 1.54) is 0 Å². The van der Waals surface area contributed by atoms with Gasteiger partial charge in [-0.25, -0.2) is 4.57 Å². The molecule has 7 heteroatoms. The number of carbonyl (C=O) groups is 1. The summed E-state index contributed by atoms with van der Waals surface area (Å²) >= 11 is 0. The van der Waals surface area contributed by atoms with Gasteiger partial charge >= 0.3 is 13.8 Å². The molecule has 0 aromatic heterocycles. The second kappa shape index (κ2) is 8.69. The third-order valence-corrected chi connectivity index (χ3v) is 2.91. The van der Waals surface area contributed by atoms with Gasteiger partial charge in [-0.05, 0) is 33.6 Å². The molecule has 0 atom stereocenters. The Morgan fingerprint density at radius 3 is 1.95 bits per heavy atom. The molecule has 0 amide bonds. The highest BCUT2D eigenvalue weighted by molar-refractivity contribution is 7.46. The van der Waals surface area contributed by atoms with E-state index < -0.39 is 13.2 Å². The lowest BCUT2D eigenvalue weighted by Crippen LogP contribution is -2.23. The van der Waals surface area contributed by atoms with E-state index in [4.69, 9.17) is 14.5 Å². The molecule has 0 aliphatic heterocycles. The number of hydrogen-bond donors (Lipinski definition) is 2. The maximum atomic E-state index is 11.4. The van der Waals surface area contributed by atoms with E-state index in [2.05, 4.69) is 4.52 Å². The first kappa shape index (κ1) is 18.6. The van der Waals surface area contributed by atoms with Crippen molar-refractivity contribution >= 4 is 13.8 Å². The molecule has 6 nitrogen and oxygen atoms in total. The van der Waals surface area contributed by atoms with E-state index in [1.807, 2.05) is 20.8 Å². The second-order valence-corrected chi connectivity index (χ2v) is 6.72. The number of rotatable bonds is 9. The number of carbonyl (C=O) groups excluding carboxylic acids is 1. The van der Waals surface area contributed by atoms with Gasteiger partial charge in [0.1, 0.15) is 0 Å². The largest absolute Gasteiger partial charge is 0.469 e. The Balaban J connectivity index is 3.33. The predicted octanol–water partition coefficient (Wildman–Crippen LogP) is 2.64. The Morgan fingerprint density at radius 1 is 1.00 bits per heavy atom. The molecule has 2 N–H and O–H groups in total. The zero-order valence-corrected chi connectivity index (χ0v) is 12.8. The van der Waals surface area contributed by atoms with E-state index in [9.17, 15) is 9.36 Å². The van der Waals surface area contributed by atoms with E-state index in [1.54, 1.807) is 0 Å². The zero-order chi connectivity index (χ0) is 14.9. The van der Waals surface area contributed by atoms with Crippen LogP contribution in [0.5, 0.6) is 0 Å². The van der Waals surface area contributed by atoms with Crippen molar-refractivity contribution in [3.63, 3.8) is 0 Å². The van der Waals surface area contributed by atoms with Crippen LogP contribution in [0.2, 0.25) is 0 Å². The molecular formula is C12H25O6P. The van der Waals surface area contributed by atoms with Crippen molar-refractivity contribution in [1.29, 1.82) is 0 Å². The molecule has 0 saturated carbocycles. The van der Waals surface area contributed by atoms with Crippen molar-refractivity contribution in [3.05, 3.63) is 0 Å². The third-order valence-electron chi connectivity index (χ3n) is 2.39. The number of esters is 1. The van der Waals surface area contributed by atoms with Crippen molar-refractivity contribution in [1.82, 2.24) is 0 Å². The van der Waals surface area contributed by atoms with Gasteiger partial charge in [0.25, 0.3) is 0 Å². The van der Waals surface area contributed by atoms with Gasteiger partial charge in [0, 0.05) is 0 Å². The van der Waals surface area contributed by atoms with Crippen LogP contribution in [-0.4, -0.2) is 29.0 Å². The van der Waals surface area contributed by atoms with Gasteiger partial charge in [-0.15, -0.1) is 0 Å². The summed E-state index contributed by atoms with van der Waals surface area (Å²) in [5.74, 6) is -0.192. The average molecular weight is 296 g/mol. The van der Waals surface area contributed by atoms with Crippen molar-refractivity contribution in [2.45, 2.75) is 52.9 Å². The molecule has 0 rings (SSSR count). The van der Waals surface area contributed by atoms with Gasteiger partial charge in [-0.2, -0.15) is 0 Å². The summed E-state index contributed by atoms with van der Waals surface area (Å²) in [5, 5.41) is 0. The number of ether oxygens (including phenoxy) is 1. The van der Waals surface area contributed by atoms with Crippen molar-refractivity contribution < 1.29 is 28.4 Å². The molecule has 114 valence electrons. The summed E-state index contributed by atoms with van der Waals surface area (Å²) in [5.41, 5.74) is -0.458. The number of hydrogen-bond acceptors (Lipinski definition) is 4. The first-order valence-corrected chi connectivity index (χ1v) is 8.03. The van der Waals surface area contributed by atoms with Gasteiger partial charge in [0.2, 0.25) is 0 Å². The highest BCUT2D eigenvalue weighted by Crippen LogP contribution is 2.35. The van der Waals surface area contributed by atoms with E-state index in [-0.39, 0.29) is 12.6 Å². The normalized spacial score (nSPS) is 12.5. The summed E-state index contributed by atoms with van der Waals surface area (Å²) in [6.45, 7) is 5.95. The highest BCUT2D eigenvalue weighted by atomic mass is 31.2. The van der Waals surface area contributed by atoms with Crippen LogP contribution in [-0.2, 0) is 18.6 Å². The molecule has 0 unspecified atom stereocenters. The van der Waals surface area contributed by atoms with Gasteiger partial charge < -0.3 is 14.5 Å². The van der Waals surface area contributed by atoms with Crippen LogP contribution in [0, 0.1) is 5.41 Å². The maximum Gasteiger partial charge on any atom is 0.469 e. The number of phosphoric ester groups is 1. The minimum absolute atomic E-state index is 0.0727. The molecule has 0 aliphatic carbocycles. The third kappa shape index (κ3) is 12.4. The molecule has 0 aromatic carbocycles. The number of phosphoric acid groups is 1. The molecule has 0 radical (unpaired) electrons. The van der Waals surface area contributed by atoms with E-state index in [0.29, 0.717) is 13.0 Å². The van der Waals surface area contributed by atoms with Crippen LogP contribution in [0.3, 0.4) is 0 Å². The van der Waals surface area contributed by atoms with Crippen LogP contribution in [0.25, 0.3) is 0 Å². The van der Waals surface area contributed by atoms with Crippen LogP contribution in [0.1, 0.15) is 52.9 Å². The minimum atomic E-state index is -4.32. The van der Waals surface area contributed by atoms with Crippen LogP contribution >= 0.6 is 7.82 Å². The lowest BCUT2D eigenvalue weighted by molar-refractivity contribution is -0.153. The smallest absolute Gasteiger partial charge is 0.465 e. The van der Waals surface area contributed by atoms with Crippen LogP contribution < -0.4 is 0 Å². The first-order valence-electron chi connectivity index (χ1n) is 6.50. The molecule has 0 fully saturated rings. The lowest BCUT2D eigenvalue weighted by Gasteiger charge is -2.16. The fraction of sp³-hybridized carbons (Fsp3) is 0.917. The first-order chi connectivity index (χ1) is 8.63. The van der Waals surface area contributed by atoms with Gasteiger partial charge in [-0.3, -0.25) is 9.32 Å². The Kier molecular flexibility index (Phi) is 8.50. The number of unbranched alkanes of at least 4 members (excludes halogenated alkanes) is 4. The molecule has 0 aliphatic rings. The quantitative estimate of drug-likeness (QED) is 0.386. The summed E-state index contributed by atoms with van der Waals surface area (Å²) in [6.07, 6.45) is 4.12. The molecule has 0 saturated heterocycles. The summed E-state index contributed by atoms with van der Waals surface area (Å²) in [6, 6.07) is 0. The van der Waals surface area contributed by atoms with Gasteiger partial charge in [0.05, 0.1) is 18.6 Å². The zero-order valence-electron chi connectivity index (χ0n) is 11.9. The highest BCUT2D eigenvalue weighted by Gasteiger charge is 2.22. The standard InChI is InChI=1S/C12H25O6P/c1-12(2,3)11(13)17-9-7-5-4-6-8-10-18-19(14,15)16/h4-10H2,1-3H3,(H2,14,15,16). The Morgan fingerprint density at radius 2 is 1.47 bits per heavy atom. The monoisotopic (exact) mass is 296 g/mol. The van der Waals surface area contributed by atoms with Gasteiger partial charge in [0.15, 0.2) is 0 Å². The Bertz CT molecular complexity index is 304. The molecular weight excluding hydrogens is 271 g/mol. The Labute approximate surface area is 114 Å². The molecule has 0 bridgehead atoms. The molecule has 0 spiro atoms. The topological polar surface area (TPSA) is 93.1 Å². The average Bonchev–Trinajstić information content (AvgIpc) is 2.23.